The Kier molecular flexibility index (Phi) is 5.26. The second-order valence-corrected chi connectivity index (χ2v) is 7.04. The molecule has 1 fully saturated rings. The summed E-state index contributed by atoms with van der Waals surface area (Å²) in [7, 11) is 1.60. The molecule has 3 rings (SSSR count). The number of rotatable bonds is 5. The van der Waals surface area contributed by atoms with E-state index >= 15 is 0 Å². The van der Waals surface area contributed by atoms with E-state index in [2.05, 4.69) is 0 Å². The standard InChI is InChI=1S/C20H21F3N2O2/c1-13(14-3-8-17(22)18(23)9-14)24(2)19(26)10-25-11-20(27,12-25)15-4-6-16(21)7-5-15/h3-9,13,27H,10-12H2,1-2H3. The van der Waals surface area contributed by atoms with Gasteiger partial charge in [-0.2, -0.15) is 0 Å². The Balaban J connectivity index is 1.57. The minimum atomic E-state index is -1.10. The van der Waals surface area contributed by atoms with E-state index in [-0.39, 0.29) is 31.4 Å². The van der Waals surface area contributed by atoms with Crippen molar-refractivity contribution >= 4 is 5.91 Å². The van der Waals surface area contributed by atoms with Gasteiger partial charge >= 0.3 is 0 Å². The summed E-state index contributed by atoms with van der Waals surface area (Å²) in [4.78, 5) is 15.7. The molecular weight excluding hydrogens is 357 g/mol. The third-order valence-corrected chi connectivity index (χ3v) is 5.11. The molecule has 1 atom stereocenters. The quantitative estimate of drug-likeness (QED) is 0.870. The first-order valence-corrected chi connectivity index (χ1v) is 8.61. The van der Waals surface area contributed by atoms with E-state index in [9.17, 15) is 23.1 Å². The number of aliphatic hydroxyl groups is 1. The van der Waals surface area contributed by atoms with Gasteiger partial charge in [-0.25, -0.2) is 13.2 Å². The Bertz CT molecular complexity index is 836. The van der Waals surface area contributed by atoms with Gasteiger partial charge in [0.2, 0.25) is 5.91 Å². The summed E-state index contributed by atoms with van der Waals surface area (Å²) in [6, 6.07) is 8.79. The summed E-state index contributed by atoms with van der Waals surface area (Å²) in [5, 5.41) is 10.6. The van der Waals surface area contributed by atoms with Crippen LogP contribution in [0.15, 0.2) is 42.5 Å². The molecule has 27 heavy (non-hydrogen) atoms. The zero-order valence-electron chi connectivity index (χ0n) is 15.1. The number of hydrogen-bond acceptors (Lipinski definition) is 3. The highest BCUT2D eigenvalue weighted by Crippen LogP contribution is 2.32. The molecule has 0 saturated carbocycles. The van der Waals surface area contributed by atoms with Gasteiger partial charge in [-0.3, -0.25) is 9.69 Å². The maximum atomic E-state index is 13.4. The predicted octanol–water partition coefficient (Wildman–Crippen LogP) is 2.83. The zero-order valence-corrected chi connectivity index (χ0v) is 15.1. The van der Waals surface area contributed by atoms with Crippen LogP contribution in [-0.2, 0) is 10.4 Å². The van der Waals surface area contributed by atoms with E-state index in [4.69, 9.17) is 0 Å². The maximum Gasteiger partial charge on any atom is 0.236 e. The van der Waals surface area contributed by atoms with Gasteiger partial charge in [0, 0.05) is 20.1 Å². The first-order valence-electron chi connectivity index (χ1n) is 8.61. The number of β-amino-alcohol motifs (C(OH)–C–C–N with tert-alkyl or cyclic N) is 1. The number of carbonyl (C=O) groups excluding carboxylic acids is 1. The van der Waals surface area contributed by atoms with Gasteiger partial charge < -0.3 is 10.0 Å². The zero-order chi connectivity index (χ0) is 19.8. The highest BCUT2D eigenvalue weighted by atomic mass is 19.2. The van der Waals surface area contributed by atoms with Crippen molar-refractivity contribution < 1.29 is 23.1 Å². The second-order valence-electron chi connectivity index (χ2n) is 7.04. The SMILES string of the molecule is CC(c1ccc(F)c(F)c1)N(C)C(=O)CN1CC(O)(c2ccc(F)cc2)C1. The monoisotopic (exact) mass is 378 g/mol. The first-order chi connectivity index (χ1) is 12.7. The lowest BCUT2D eigenvalue weighted by Gasteiger charge is -2.47. The van der Waals surface area contributed by atoms with Gasteiger partial charge in [0.05, 0.1) is 12.6 Å². The van der Waals surface area contributed by atoms with Crippen molar-refractivity contribution in [1.29, 1.82) is 0 Å². The Morgan fingerprint density at radius 2 is 1.78 bits per heavy atom. The predicted molar refractivity (Wildman–Crippen MR) is 94.3 cm³/mol. The summed E-state index contributed by atoms with van der Waals surface area (Å²) < 4.78 is 39.5. The number of benzene rings is 2. The summed E-state index contributed by atoms with van der Waals surface area (Å²) in [5.41, 5.74) is 0.00501. The van der Waals surface area contributed by atoms with Crippen molar-refractivity contribution in [2.45, 2.75) is 18.6 Å². The molecule has 1 heterocycles. The van der Waals surface area contributed by atoms with Crippen molar-refractivity contribution in [3.8, 4) is 0 Å². The van der Waals surface area contributed by atoms with Crippen molar-refractivity contribution in [3.05, 3.63) is 71.0 Å². The molecule has 7 heteroatoms. The highest BCUT2D eigenvalue weighted by Gasteiger charge is 2.43. The lowest BCUT2D eigenvalue weighted by Crippen LogP contribution is -2.61. The van der Waals surface area contributed by atoms with Gasteiger partial charge in [-0.1, -0.05) is 18.2 Å². The van der Waals surface area contributed by atoms with Crippen LogP contribution in [-0.4, -0.2) is 47.5 Å². The van der Waals surface area contributed by atoms with E-state index in [0.29, 0.717) is 11.1 Å². The van der Waals surface area contributed by atoms with Gasteiger partial charge in [0.25, 0.3) is 0 Å². The number of amides is 1. The Morgan fingerprint density at radius 1 is 1.15 bits per heavy atom. The average Bonchev–Trinajstić information content (AvgIpc) is 2.61. The van der Waals surface area contributed by atoms with Crippen LogP contribution in [0.25, 0.3) is 0 Å². The van der Waals surface area contributed by atoms with Crippen LogP contribution in [0.2, 0.25) is 0 Å². The molecule has 1 saturated heterocycles. The van der Waals surface area contributed by atoms with Crippen molar-refractivity contribution in [2.24, 2.45) is 0 Å². The van der Waals surface area contributed by atoms with Crippen LogP contribution in [0.5, 0.6) is 0 Å². The van der Waals surface area contributed by atoms with Crippen molar-refractivity contribution in [1.82, 2.24) is 9.80 Å². The molecule has 1 N–H and O–H groups in total. The minimum Gasteiger partial charge on any atom is -0.382 e. The summed E-state index contributed by atoms with van der Waals surface area (Å²) in [5.74, 6) is -2.46. The third kappa shape index (κ3) is 3.99. The molecular formula is C20H21F3N2O2. The summed E-state index contributed by atoms with van der Waals surface area (Å²) in [6.45, 7) is 2.35. The molecule has 0 bridgehead atoms. The highest BCUT2D eigenvalue weighted by molar-refractivity contribution is 5.78. The van der Waals surface area contributed by atoms with Gasteiger partial charge in [0.15, 0.2) is 11.6 Å². The van der Waals surface area contributed by atoms with Gasteiger partial charge in [0.1, 0.15) is 11.4 Å². The number of likely N-dealkylation sites (N-methyl/N-ethyl adjacent to an activating group) is 1. The van der Waals surface area contributed by atoms with Crippen LogP contribution in [0.3, 0.4) is 0 Å². The smallest absolute Gasteiger partial charge is 0.236 e. The van der Waals surface area contributed by atoms with Crippen LogP contribution >= 0.6 is 0 Å². The normalized spacial score (nSPS) is 17.3. The van der Waals surface area contributed by atoms with Gasteiger partial charge in [-0.15, -0.1) is 0 Å². The molecule has 4 nitrogen and oxygen atoms in total. The van der Waals surface area contributed by atoms with Gasteiger partial charge in [-0.05, 0) is 42.3 Å². The molecule has 1 amide bonds. The number of carbonyl (C=O) groups is 1. The molecule has 0 aromatic heterocycles. The summed E-state index contributed by atoms with van der Waals surface area (Å²) in [6.07, 6.45) is 0. The average molecular weight is 378 g/mol. The van der Waals surface area contributed by atoms with Crippen LogP contribution < -0.4 is 0 Å². The fourth-order valence-electron chi connectivity index (χ4n) is 3.26. The van der Waals surface area contributed by atoms with E-state index in [1.54, 1.807) is 18.9 Å². The van der Waals surface area contributed by atoms with Crippen molar-refractivity contribution in [2.75, 3.05) is 26.7 Å². The second kappa shape index (κ2) is 7.32. The molecule has 2 aromatic carbocycles. The van der Waals surface area contributed by atoms with E-state index in [1.807, 2.05) is 0 Å². The molecule has 144 valence electrons. The summed E-state index contributed by atoms with van der Waals surface area (Å²) >= 11 is 0. The fraction of sp³-hybridized carbons (Fsp3) is 0.350. The number of nitrogens with zero attached hydrogens (tertiary/aromatic N) is 2. The number of halogens is 3. The Labute approximate surface area is 155 Å². The third-order valence-electron chi connectivity index (χ3n) is 5.11. The van der Waals surface area contributed by atoms with E-state index < -0.39 is 23.3 Å². The van der Waals surface area contributed by atoms with E-state index in [0.717, 1.165) is 12.1 Å². The molecule has 1 aliphatic rings. The molecule has 2 aromatic rings. The van der Waals surface area contributed by atoms with Crippen LogP contribution in [0.1, 0.15) is 24.1 Å². The van der Waals surface area contributed by atoms with Crippen molar-refractivity contribution in [3.63, 3.8) is 0 Å². The number of likely N-dealkylation sites (tertiary alicyclic amines) is 1. The Hall–Kier alpha value is -2.38. The molecule has 0 aliphatic carbocycles. The number of hydrogen-bond donors (Lipinski definition) is 1. The molecule has 0 spiro atoms. The molecule has 1 aliphatic heterocycles. The lowest BCUT2D eigenvalue weighted by atomic mass is 9.86. The van der Waals surface area contributed by atoms with Crippen LogP contribution in [0, 0.1) is 17.5 Å². The lowest BCUT2D eigenvalue weighted by molar-refractivity contribution is -0.143. The molecule has 0 radical (unpaired) electrons. The molecule has 1 unspecified atom stereocenters. The van der Waals surface area contributed by atoms with Crippen LogP contribution in [0.4, 0.5) is 13.2 Å². The first kappa shape index (κ1) is 19.4. The fourth-order valence-corrected chi connectivity index (χ4v) is 3.26. The Morgan fingerprint density at radius 3 is 2.37 bits per heavy atom. The van der Waals surface area contributed by atoms with E-state index in [1.165, 1.54) is 35.2 Å². The maximum absolute atomic E-state index is 13.4. The largest absolute Gasteiger partial charge is 0.382 e. The minimum absolute atomic E-state index is 0.0913. The topological polar surface area (TPSA) is 43.8 Å².